The minimum Gasteiger partial charge on any atom is -0.339 e. The fourth-order valence-electron chi connectivity index (χ4n) is 2.83. The van der Waals surface area contributed by atoms with Gasteiger partial charge in [-0.15, -0.1) is 0 Å². The first-order valence-electron chi connectivity index (χ1n) is 7.24. The van der Waals surface area contributed by atoms with Crippen LogP contribution in [0.25, 0.3) is 0 Å². The number of benzene rings is 1. The van der Waals surface area contributed by atoms with Crippen molar-refractivity contribution in [3.8, 4) is 0 Å². The molecule has 1 aromatic carbocycles. The Morgan fingerprint density at radius 2 is 1.89 bits per heavy atom. The molecule has 1 saturated carbocycles. The number of carbonyl (C=O) groups excluding carboxylic acids is 1. The van der Waals surface area contributed by atoms with Crippen LogP contribution in [0.2, 0.25) is 0 Å². The number of hydrogen-bond donors (Lipinski definition) is 0. The van der Waals surface area contributed by atoms with Crippen LogP contribution in [0.4, 0.5) is 4.39 Å². The Balaban J connectivity index is 1.95. The fourth-order valence-corrected chi connectivity index (χ4v) is 2.83. The van der Waals surface area contributed by atoms with E-state index in [0.29, 0.717) is 12.5 Å². The Bertz CT molecular complexity index is 409. The lowest BCUT2D eigenvalue weighted by molar-refractivity contribution is -0.133. The molecule has 0 aromatic heterocycles. The van der Waals surface area contributed by atoms with Crippen LogP contribution in [0.3, 0.4) is 0 Å². The van der Waals surface area contributed by atoms with Crippen molar-refractivity contribution in [1.29, 1.82) is 0 Å². The van der Waals surface area contributed by atoms with Gasteiger partial charge in [-0.2, -0.15) is 0 Å². The number of rotatable bonds is 5. The number of amides is 1. The minimum absolute atomic E-state index is 0.207. The third-order valence-electron chi connectivity index (χ3n) is 3.94. The van der Waals surface area contributed by atoms with E-state index in [1.165, 1.54) is 25.0 Å². The fraction of sp³-hybridized carbons (Fsp3) is 0.562. The largest absolute Gasteiger partial charge is 0.339 e. The van der Waals surface area contributed by atoms with Gasteiger partial charge in [0.15, 0.2) is 0 Å². The molecule has 0 saturated heterocycles. The van der Waals surface area contributed by atoms with E-state index in [1.54, 1.807) is 12.1 Å². The highest BCUT2D eigenvalue weighted by Crippen LogP contribution is 2.24. The van der Waals surface area contributed by atoms with E-state index in [1.807, 2.05) is 11.8 Å². The lowest BCUT2D eigenvalue weighted by atomic mass is 10.1. The molecule has 2 nitrogen and oxygen atoms in total. The van der Waals surface area contributed by atoms with E-state index in [0.717, 1.165) is 31.4 Å². The average molecular weight is 263 g/mol. The Kier molecular flexibility index (Phi) is 4.94. The molecule has 1 aromatic rings. The number of carbonyl (C=O) groups is 1. The van der Waals surface area contributed by atoms with Gasteiger partial charge in [-0.1, -0.05) is 31.9 Å². The van der Waals surface area contributed by atoms with E-state index in [9.17, 15) is 9.18 Å². The zero-order valence-corrected chi connectivity index (χ0v) is 11.6. The lowest BCUT2D eigenvalue weighted by Gasteiger charge is -2.29. The maximum Gasteiger partial charge on any atom is 0.222 e. The van der Waals surface area contributed by atoms with Crippen LogP contribution in [0, 0.1) is 5.82 Å². The molecule has 0 spiro atoms. The molecular weight excluding hydrogens is 241 g/mol. The number of hydrogen-bond acceptors (Lipinski definition) is 1. The van der Waals surface area contributed by atoms with Gasteiger partial charge in [-0.05, 0) is 37.0 Å². The molecule has 0 heterocycles. The molecule has 1 aliphatic carbocycles. The van der Waals surface area contributed by atoms with Crippen molar-refractivity contribution in [1.82, 2.24) is 4.90 Å². The molecule has 3 heteroatoms. The van der Waals surface area contributed by atoms with Crippen LogP contribution >= 0.6 is 0 Å². The topological polar surface area (TPSA) is 20.3 Å². The second-order valence-electron chi connectivity index (χ2n) is 5.26. The standard InChI is InChI=1S/C16H22FNO/c1-2-16(19)18(15-5-3-4-6-15)12-11-13-7-9-14(17)10-8-13/h7-10,15H,2-6,11-12H2,1H3. The van der Waals surface area contributed by atoms with Gasteiger partial charge in [0.25, 0.3) is 0 Å². The third-order valence-corrected chi connectivity index (χ3v) is 3.94. The summed E-state index contributed by atoms with van der Waals surface area (Å²) in [4.78, 5) is 14.1. The van der Waals surface area contributed by atoms with E-state index in [-0.39, 0.29) is 11.7 Å². The van der Waals surface area contributed by atoms with Crippen LogP contribution in [-0.4, -0.2) is 23.4 Å². The number of nitrogens with zero attached hydrogens (tertiary/aromatic N) is 1. The van der Waals surface area contributed by atoms with Crippen molar-refractivity contribution < 1.29 is 9.18 Å². The van der Waals surface area contributed by atoms with Gasteiger partial charge in [0.05, 0.1) is 0 Å². The predicted octanol–water partition coefficient (Wildman–Crippen LogP) is 3.55. The molecule has 0 radical (unpaired) electrons. The van der Waals surface area contributed by atoms with E-state index < -0.39 is 0 Å². The van der Waals surface area contributed by atoms with Crippen LogP contribution in [0.1, 0.15) is 44.6 Å². The molecule has 0 N–H and O–H groups in total. The van der Waals surface area contributed by atoms with Crippen molar-refractivity contribution in [2.45, 2.75) is 51.5 Å². The second kappa shape index (κ2) is 6.69. The molecule has 0 unspecified atom stereocenters. The van der Waals surface area contributed by atoms with Gasteiger partial charge in [0.2, 0.25) is 5.91 Å². The summed E-state index contributed by atoms with van der Waals surface area (Å²) in [6.45, 7) is 2.67. The average Bonchev–Trinajstić information content (AvgIpc) is 2.94. The third kappa shape index (κ3) is 3.79. The first kappa shape index (κ1) is 14.0. The SMILES string of the molecule is CCC(=O)N(CCc1ccc(F)cc1)C1CCCC1. The Morgan fingerprint density at radius 3 is 2.47 bits per heavy atom. The first-order chi connectivity index (χ1) is 9.20. The molecule has 2 rings (SSSR count). The summed E-state index contributed by atoms with van der Waals surface area (Å²) in [5, 5.41) is 0. The molecule has 19 heavy (non-hydrogen) atoms. The molecular formula is C16H22FNO. The summed E-state index contributed by atoms with van der Waals surface area (Å²) >= 11 is 0. The van der Waals surface area contributed by atoms with Gasteiger partial charge in [-0.3, -0.25) is 4.79 Å². The van der Waals surface area contributed by atoms with Gasteiger partial charge in [0, 0.05) is 19.0 Å². The second-order valence-corrected chi connectivity index (χ2v) is 5.26. The van der Waals surface area contributed by atoms with E-state index in [4.69, 9.17) is 0 Å². The summed E-state index contributed by atoms with van der Waals surface area (Å²) < 4.78 is 12.8. The first-order valence-corrected chi connectivity index (χ1v) is 7.24. The highest BCUT2D eigenvalue weighted by molar-refractivity contribution is 5.76. The Labute approximate surface area is 114 Å². The van der Waals surface area contributed by atoms with Gasteiger partial charge in [-0.25, -0.2) is 4.39 Å². The van der Waals surface area contributed by atoms with Crippen LogP contribution < -0.4 is 0 Å². The summed E-state index contributed by atoms with van der Waals surface area (Å²) in [5.41, 5.74) is 1.09. The maximum atomic E-state index is 12.8. The highest BCUT2D eigenvalue weighted by Gasteiger charge is 2.25. The normalized spacial score (nSPS) is 15.7. The van der Waals surface area contributed by atoms with Crippen molar-refractivity contribution in [2.24, 2.45) is 0 Å². The van der Waals surface area contributed by atoms with Crippen LogP contribution in [0.15, 0.2) is 24.3 Å². The quantitative estimate of drug-likeness (QED) is 0.795. The summed E-state index contributed by atoms with van der Waals surface area (Å²) in [7, 11) is 0. The van der Waals surface area contributed by atoms with Gasteiger partial charge < -0.3 is 4.90 Å². The molecule has 0 aliphatic heterocycles. The lowest BCUT2D eigenvalue weighted by Crippen LogP contribution is -2.39. The molecule has 0 atom stereocenters. The van der Waals surface area contributed by atoms with E-state index in [2.05, 4.69) is 0 Å². The summed E-state index contributed by atoms with van der Waals surface area (Å²) in [6, 6.07) is 7.00. The predicted molar refractivity (Wildman–Crippen MR) is 74.4 cm³/mol. The van der Waals surface area contributed by atoms with Crippen molar-refractivity contribution in [2.75, 3.05) is 6.54 Å². The van der Waals surface area contributed by atoms with E-state index >= 15 is 0 Å². The summed E-state index contributed by atoms with van der Waals surface area (Å²) in [6.07, 6.45) is 6.11. The zero-order chi connectivity index (χ0) is 13.7. The minimum atomic E-state index is -0.207. The molecule has 1 amide bonds. The van der Waals surface area contributed by atoms with Crippen molar-refractivity contribution in [3.05, 3.63) is 35.6 Å². The summed E-state index contributed by atoms with van der Waals surface area (Å²) in [5.74, 6) is 0.0371. The Hall–Kier alpha value is -1.38. The monoisotopic (exact) mass is 263 g/mol. The van der Waals surface area contributed by atoms with Crippen LogP contribution in [0.5, 0.6) is 0 Å². The Morgan fingerprint density at radius 1 is 1.26 bits per heavy atom. The van der Waals surface area contributed by atoms with Gasteiger partial charge >= 0.3 is 0 Å². The number of halogens is 1. The van der Waals surface area contributed by atoms with Crippen molar-refractivity contribution >= 4 is 5.91 Å². The van der Waals surface area contributed by atoms with Crippen molar-refractivity contribution in [3.63, 3.8) is 0 Å². The molecule has 1 aliphatic rings. The zero-order valence-electron chi connectivity index (χ0n) is 11.6. The van der Waals surface area contributed by atoms with Crippen LogP contribution in [-0.2, 0) is 11.2 Å². The highest BCUT2D eigenvalue weighted by atomic mass is 19.1. The molecule has 104 valence electrons. The molecule has 1 fully saturated rings. The maximum absolute atomic E-state index is 12.8. The smallest absolute Gasteiger partial charge is 0.222 e. The van der Waals surface area contributed by atoms with Gasteiger partial charge in [0.1, 0.15) is 5.82 Å². The molecule has 0 bridgehead atoms.